The maximum atomic E-state index is 12.4. The van der Waals surface area contributed by atoms with Crippen LogP contribution < -0.4 is 5.32 Å². The zero-order chi connectivity index (χ0) is 19.6. The van der Waals surface area contributed by atoms with Crippen molar-refractivity contribution in [2.75, 3.05) is 0 Å². The van der Waals surface area contributed by atoms with Crippen LogP contribution in [0.5, 0.6) is 0 Å². The summed E-state index contributed by atoms with van der Waals surface area (Å²) >= 11 is 0. The third kappa shape index (κ3) is 4.17. The Balaban J connectivity index is 1.58. The Labute approximate surface area is 156 Å². The molecular weight excluding hydrogens is 350 g/mol. The van der Waals surface area contributed by atoms with Crippen LogP contribution in [-0.2, 0) is 22.7 Å². The van der Waals surface area contributed by atoms with Gasteiger partial charge in [0.1, 0.15) is 0 Å². The third-order valence-electron chi connectivity index (χ3n) is 4.79. The van der Waals surface area contributed by atoms with E-state index < -0.39 is 30.1 Å². The van der Waals surface area contributed by atoms with E-state index in [0.717, 1.165) is 11.3 Å². The van der Waals surface area contributed by atoms with E-state index in [-0.39, 0.29) is 18.8 Å². The largest absolute Gasteiger partial charge is 0.512 e. The van der Waals surface area contributed by atoms with Crippen LogP contribution in [0.3, 0.4) is 0 Å². The number of rotatable bonds is 5. The van der Waals surface area contributed by atoms with Gasteiger partial charge < -0.3 is 25.5 Å². The molecule has 2 heterocycles. The number of nitrogens with one attached hydrogen (secondary N) is 1. The van der Waals surface area contributed by atoms with Crippen molar-refractivity contribution in [3.05, 3.63) is 53.1 Å². The van der Waals surface area contributed by atoms with Crippen LogP contribution in [0.2, 0.25) is 0 Å². The molecule has 144 valence electrons. The second-order valence-electron chi connectivity index (χ2n) is 6.80. The summed E-state index contributed by atoms with van der Waals surface area (Å²) in [6.45, 7) is 2.21. The van der Waals surface area contributed by atoms with Gasteiger partial charge in [0.25, 0.3) is 11.8 Å². The maximum Gasteiger partial charge on any atom is 0.255 e. The third-order valence-corrected chi connectivity index (χ3v) is 4.79. The summed E-state index contributed by atoms with van der Waals surface area (Å²) in [4.78, 5) is 30.2. The zero-order valence-electron chi connectivity index (χ0n) is 15.0. The van der Waals surface area contributed by atoms with Crippen LogP contribution in [0.15, 0.2) is 41.8 Å². The SMILES string of the molecule is C[C@@H](NC(=O)[C@H](O)[C@@H](O)C(=O)N1Cc2cccnc2C1)C1=CCCC(O)=C1. The Hall–Kier alpha value is -2.71. The van der Waals surface area contributed by atoms with Gasteiger partial charge in [-0.3, -0.25) is 14.6 Å². The molecular formula is C19H23N3O5. The molecule has 8 heteroatoms. The highest BCUT2D eigenvalue weighted by Crippen LogP contribution is 2.21. The molecule has 8 nitrogen and oxygen atoms in total. The van der Waals surface area contributed by atoms with Crippen LogP contribution in [0.1, 0.15) is 31.0 Å². The second-order valence-corrected chi connectivity index (χ2v) is 6.80. The van der Waals surface area contributed by atoms with Gasteiger partial charge in [0.15, 0.2) is 12.2 Å². The van der Waals surface area contributed by atoms with E-state index in [2.05, 4.69) is 10.3 Å². The molecule has 0 bridgehead atoms. The number of fused-ring (bicyclic) bond motifs is 1. The van der Waals surface area contributed by atoms with Crippen LogP contribution >= 0.6 is 0 Å². The Morgan fingerprint density at radius 3 is 2.74 bits per heavy atom. The lowest BCUT2D eigenvalue weighted by Gasteiger charge is -2.24. The molecule has 0 spiro atoms. The normalized spacial score (nSPS) is 19.4. The van der Waals surface area contributed by atoms with Gasteiger partial charge in [0, 0.05) is 19.2 Å². The average Bonchev–Trinajstić information content (AvgIpc) is 3.10. The number of allylic oxidation sites excluding steroid dienone is 2. The minimum Gasteiger partial charge on any atom is -0.512 e. The predicted molar refractivity (Wildman–Crippen MR) is 96.1 cm³/mol. The molecule has 27 heavy (non-hydrogen) atoms. The molecule has 4 N–H and O–H groups in total. The lowest BCUT2D eigenvalue weighted by Crippen LogP contribution is -2.51. The van der Waals surface area contributed by atoms with Gasteiger partial charge in [0.2, 0.25) is 0 Å². The molecule has 0 saturated heterocycles. The first-order valence-corrected chi connectivity index (χ1v) is 8.84. The Bertz CT molecular complexity index is 779. The topological polar surface area (TPSA) is 123 Å². The lowest BCUT2D eigenvalue weighted by atomic mass is 9.99. The van der Waals surface area contributed by atoms with Gasteiger partial charge >= 0.3 is 0 Å². The summed E-state index contributed by atoms with van der Waals surface area (Å²) in [7, 11) is 0. The molecule has 1 aromatic rings. The van der Waals surface area contributed by atoms with Crippen molar-refractivity contribution in [1.82, 2.24) is 15.2 Å². The molecule has 2 aliphatic rings. The number of nitrogens with zero attached hydrogens (tertiary/aromatic N) is 2. The first kappa shape index (κ1) is 19.1. The van der Waals surface area contributed by atoms with Gasteiger partial charge in [-0.1, -0.05) is 12.1 Å². The Morgan fingerprint density at radius 1 is 1.26 bits per heavy atom. The average molecular weight is 373 g/mol. The van der Waals surface area contributed by atoms with Crippen LogP contribution in [-0.4, -0.2) is 55.3 Å². The van der Waals surface area contributed by atoms with Crippen LogP contribution in [0.4, 0.5) is 0 Å². The van der Waals surface area contributed by atoms with E-state index in [1.807, 2.05) is 12.1 Å². The minimum absolute atomic E-state index is 0.228. The van der Waals surface area contributed by atoms with E-state index in [9.17, 15) is 24.9 Å². The van der Waals surface area contributed by atoms with Crippen molar-refractivity contribution in [3.63, 3.8) is 0 Å². The maximum absolute atomic E-state index is 12.4. The lowest BCUT2D eigenvalue weighted by molar-refractivity contribution is -0.153. The monoisotopic (exact) mass is 373 g/mol. The number of hydrogen-bond acceptors (Lipinski definition) is 6. The molecule has 2 amide bonds. The van der Waals surface area contributed by atoms with Gasteiger partial charge in [-0.05, 0) is 36.6 Å². The molecule has 0 radical (unpaired) electrons. The quantitative estimate of drug-likeness (QED) is 0.589. The van der Waals surface area contributed by atoms with Crippen molar-refractivity contribution in [2.45, 2.75) is 51.1 Å². The van der Waals surface area contributed by atoms with Gasteiger partial charge in [-0.2, -0.15) is 0 Å². The summed E-state index contributed by atoms with van der Waals surface area (Å²) in [6.07, 6.45) is 2.52. The van der Waals surface area contributed by atoms with Crippen molar-refractivity contribution in [1.29, 1.82) is 0 Å². The smallest absolute Gasteiger partial charge is 0.255 e. The summed E-state index contributed by atoms with van der Waals surface area (Å²) in [6, 6.07) is 3.13. The van der Waals surface area contributed by atoms with E-state index in [1.54, 1.807) is 25.3 Å². The molecule has 0 unspecified atom stereocenters. The molecule has 0 saturated carbocycles. The molecule has 1 aliphatic carbocycles. The first-order valence-electron chi connectivity index (χ1n) is 8.84. The number of amides is 2. The molecule has 1 aromatic heterocycles. The molecule has 0 aromatic carbocycles. The molecule has 0 fully saturated rings. The highest BCUT2D eigenvalue weighted by atomic mass is 16.3. The van der Waals surface area contributed by atoms with Crippen molar-refractivity contribution < 1.29 is 24.9 Å². The highest BCUT2D eigenvalue weighted by molar-refractivity contribution is 5.91. The molecule has 3 rings (SSSR count). The van der Waals surface area contributed by atoms with Crippen molar-refractivity contribution in [3.8, 4) is 0 Å². The fourth-order valence-corrected chi connectivity index (χ4v) is 3.22. The predicted octanol–water partition coefficient (Wildman–Crippen LogP) is 0.312. The minimum atomic E-state index is -1.89. The summed E-state index contributed by atoms with van der Waals surface area (Å²) in [5.74, 6) is -1.35. The molecule has 1 aliphatic heterocycles. The first-order chi connectivity index (χ1) is 12.9. The van der Waals surface area contributed by atoms with Gasteiger partial charge in [-0.25, -0.2) is 0 Å². The summed E-state index contributed by atoms with van der Waals surface area (Å²) in [5.41, 5.74) is 2.32. The zero-order valence-corrected chi connectivity index (χ0v) is 15.0. The number of carbonyl (C=O) groups excluding carboxylic acids is 2. The number of carbonyl (C=O) groups is 2. The summed E-state index contributed by atoms with van der Waals surface area (Å²) in [5, 5.41) is 32.4. The number of aliphatic hydroxyl groups is 3. The molecule has 3 atom stereocenters. The Morgan fingerprint density at radius 2 is 2.04 bits per heavy atom. The van der Waals surface area contributed by atoms with E-state index in [1.165, 1.54) is 4.90 Å². The van der Waals surface area contributed by atoms with E-state index in [4.69, 9.17) is 0 Å². The van der Waals surface area contributed by atoms with Crippen LogP contribution in [0, 0.1) is 0 Å². The standard InChI is InChI=1S/C19H23N3O5/c1-11(12-4-2-6-14(23)8-12)21-18(26)16(24)17(25)19(27)22-9-13-5-3-7-20-15(13)10-22/h3-5,7-8,11,16-17,23-25H,2,6,9-10H2,1H3,(H,21,26)/t11-,16-,17-/m1/s1. The van der Waals surface area contributed by atoms with E-state index in [0.29, 0.717) is 18.4 Å². The second kappa shape index (κ2) is 7.89. The van der Waals surface area contributed by atoms with Gasteiger partial charge in [0.05, 0.1) is 24.0 Å². The number of pyridine rings is 1. The number of hydrogen-bond donors (Lipinski definition) is 4. The van der Waals surface area contributed by atoms with Crippen molar-refractivity contribution >= 4 is 11.8 Å². The number of aromatic nitrogens is 1. The highest BCUT2D eigenvalue weighted by Gasteiger charge is 2.36. The fraction of sp³-hybridized carbons (Fsp3) is 0.421. The summed E-state index contributed by atoms with van der Waals surface area (Å²) < 4.78 is 0. The van der Waals surface area contributed by atoms with Crippen molar-refractivity contribution in [2.24, 2.45) is 0 Å². The Kier molecular flexibility index (Phi) is 5.57. The fourth-order valence-electron chi connectivity index (χ4n) is 3.22. The number of aliphatic hydroxyl groups excluding tert-OH is 3. The van der Waals surface area contributed by atoms with Crippen LogP contribution in [0.25, 0.3) is 0 Å². The van der Waals surface area contributed by atoms with Gasteiger partial charge in [-0.15, -0.1) is 0 Å². The van der Waals surface area contributed by atoms with E-state index >= 15 is 0 Å².